The monoisotopic (exact) mass is 635 g/mol. The number of halogens is 6. The second-order valence-electron chi connectivity index (χ2n) is 9.96. The summed E-state index contributed by atoms with van der Waals surface area (Å²) in [6, 6.07) is 12.7. The molecule has 2 heterocycles. The number of hydrogen-bond acceptors (Lipinski definition) is 6. The van der Waals surface area contributed by atoms with Crippen LogP contribution in [0, 0.1) is 26.6 Å². The van der Waals surface area contributed by atoms with Crippen molar-refractivity contribution in [2.45, 2.75) is 38.5 Å². The van der Waals surface area contributed by atoms with E-state index in [1.54, 1.807) is 31.2 Å². The summed E-state index contributed by atoms with van der Waals surface area (Å²) in [4.78, 5) is 8.20. The zero-order chi connectivity index (χ0) is 32.1. The van der Waals surface area contributed by atoms with Gasteiger partial charge in [0.25, 0.3) is 0 Å². The van der Waals surface area contributed by atoms with Gasteiger partial charge in [-0.05, 0) is 66.9 Å². The van der Waals surface area contributed by atoms with Gasteiger partial charge in [0.05, 0.1) is 10.6 Å². The van der Waals surface area contributed by atoms with Crippen LogP contribution in [0.5, 0.6) is 5.75 Å². The molecule has 0 atom stereocenters. The first-order valence-corrected chi connectivity index (χ1v) is 14.7. The van der Waals surface area contributed by atoms with Gasteiger partial charge in [0.1, 0.15) is 11.5 Å². The molecule has 44 heavy (non-hydrogen) atoms. The Balaban J connectivity index is 1.76. The van der Waals surface area contributed by atoms with Crippen LogP contribution in [-0.2, 0) is 16.0 Å². The van der Waals surface area contributed by atoms with E-state index in [0.717, 1.165) is 24.6 Å². The minimum atomic E-state index is -4.73. The second-order valence-corrected chi connectivity index (χ2v) is 11.9. The molecule has 0 aliphatic rings. The van der Waals surface area contributed by atoms with Gasteiger partial charge in [-0.1, -0.05) is 18.2 Å². The molecule has 0 aliphatic carbocycles. The van der Waals surface area contributed by atoms with Crippen molar-refractivity contribution in [1.82, 2.24) is 14.5 Å². The highest BCUT2D eigenvalue weighted by Gasteiger charge is 2.35. The standard InChI is InChI=1S/C30H23F6N3O4S/c1-15-5-6-19(13-25(15)44(4,40)41)18-7-9-23(39-14-26(30(34,35)36)37-16(39)2)21(11-18)27-28(42-17(3)38-27)20-8-10-24(22(31)12-20)43-29(32)33/h5-14,29H,1-4H3. The number of nitrogens with zero attached hydrogens (tertiary/aromatic N) is 3. The molecule has 2 aromatic heterocycles. The third-order valence-electron chi connectivity index (χ3n) is 6.75. The predicted molar refractivity (Wildman–Crippen MR) is 149 cm³/mol. The van der Waals surface area contributed by atoms with E-state index in [9.17, 15) is 34.8 Å². The maximum Gasteiger partial charge on any atom is 0.434 e. The van der Waals surface area contributed by atoms with Crippen molar-refractivity contribution < 1.29 is 43.9 Å². The molecule has 0 N–H and O–H groups in total. The first-order chi connectivity index (χ1) is 20.5. The van der Waals surface area contributed by atoms with Crippen molar-refractivity contribution >= 4 is 9.84 Å². The Hall–Kier alpha value is -4.59. The van der Waals surface area contributed by atoms with Crippen molar-refractivity contribution in [2.75, 3.05) is 6.26 Å². The summed E-state index contributed by atoms with van der Waals surface area (Å²) in [5.74, 6) is -1.68. The van der Waals surface area contributed by atoms with E-state index in [1.165, 1.54) is 36.6 Å². The van der Waals surface area contributed by atoms with Crippen LogP contribution in [0.3, 0.4) is 0 Å². The zero-order valence-electron chi connectivity index (χ0n) is 23.5. The van der Waals surface area contributed by atoms with Crippen LogP contribution in [0.4, 0.5) is 26.3 Å². The average molecular weight is 636 g/mol. The largest absolute Gasteiger partial charge is 0.440 e. The summed E-state index contributed by atoms with van der Waals surface area (Å²) in [7, 11) is -3.59. The molecule has 0 spiro atoms. The predicted octanol–water partition coefficient (Wildman–Crippen LogP) is 7.95. The van der Waals surface area contributed by atoms with Crippen LogP contribution in [0.1, 0.15) is 23.0 Å². The van der Waals surface area contributed by atoms with E-state index >= 15 is 0 Å². The highest BCUT2D eigenvalue weighted by molar-refractivity contribution is 7.90. The lowest BCUT2D eigenvalue weighted by molar-refractivity contribution is -0.141. The van der Waals surface area contributed by atoms with Crippen molar-refractivity contribution in [3.05, 3.63) is 89.6 Å². The lowest BCUT2D eigenvalue weighted by Gasteiger charge is -2.15. The molecule has 14 heteroatoms. The maximum atomic E-state index is 14.7. The van der Waals surface area contributed by atoms with Crippen molar-refractivity contribution in [2.24, 2.45) is 0 Å². The molecule has 0 aliphatic heterocycles. The minimum Gasteiger partial charge on any atom is -0.440 e. The van der Waals surface area contributed by atoms with Crippen molar-refractivity contribution in [3.63, 3.8) is 0 Å². The minimum absolute atomic E-state index is 0.00191. The summed E-state index contributed by atoms with van der Waals surface area (Å²) in [6.45, 7) is 1.28. The number of sulfone groups is 1. The lowest BCUT2D eigenvalue weighted by atomic mass is 9.97. The summed E-state index contributed by atoms with van der Waals surface area (Å²) in [6.07, 6.45) is -2.82. The van der Waals surface area contributed by atoms with Crippen LogP contribution in [0.15, 0.2) is 70.1 Å². The Morgan fingerprint density at radius 1 is 0.909 bits per heavy atom. The first-order valence-electron chi connectivity index (χ1n) is 12.8. The molecule has 5 aromatic rings. The fraction of sp³-hybridized carbons (Fsp3) is 0.200. The van der Waals surface area contributed by atoms with Gasteiger partial charge in [-0.25, -0.2) is 22.8 Å². The number of imidazole rings is 1. The van der Waals surface area contributed by atoms with Gasteiger partial charge < -0.3 is 13.7 Å². The number of aryl methyl sites for hydroxylation is 3. The molecule has 0 fully saturated rings. The molecule has 0 bridgehead atoms. The smallest absolute Gasteiger partial charge is 0.434 e. The summed E-state index contributed by atoms with van der Waals surface area (Å²) in [5.41, 5.74) is 0.995. The van der Waals surface area contributed by atoms with E-state index in [2.05, 4.69) is 14.7 Å². The Morgan fingerprint density at radius 2 is 1.57 bits per heavy atom. The third-order valence-corrected chi connectivity index (χ3v) is 7.99. The first kappa shape index (κ1) is 30.9. The van der Waals surface area contributed by atoms with Gasteiger partial charge >= 0.3 is 12.8 Å². The Bertz CT molecular complexity index is 2000. The van der Waals surface area contributed by atoms with Crippen LogP contribution in [0.25, 0.3) is 39.4 Å². The fourth-order valence-corrected chi connectivity index (χ4v) is 5.78. The average Bonchev–Trinajstić information content (AvgIpc) is 3.51. The van der Waals surface area contributed by atoms with E-state index < -0.39 is 39.9 Å². The van der Waals surface area contributed by atoms with Gasteiger partial charge in [0.15, 0.2) is 38.7 Å². The number of ether oxygens (including phenoxy) is 1. The van der Waals surface area contributed by atoms with E-state index in [1.807, 2.05) is 0 Å². The lowest BCUT2D eigenvalue weighted by Crippen LogP contribution is -2.05. The maximum absolute atomic E-state index is 14.7. The quantitative estimate of drug-likeness (QED) is 0.169. The van der Waals surface area contributed by atoms with Crippen molar-refractivity contribution in [1.29, 1.82) is 0 Å². The molecule has 3 aromatic carbocycles. The number of oxazole rings is 1. The summed E-state index contributed by atoms with van der Waals surface area (Å²) in [5, 5.41) is 0. The van der Waals surface area contributed by atoms with Crippen molar-refractivity contribution in [3.8, 4) is 45.1 Å². The number of rotatable bonds is 7. The number of hydrogen-bond donors (Lipinski definition) is 0. The Kier molecular flexibility index (Phi) is 7.82. The highest BCUT2D eigenvalue weighted by Crippen LogP contribution is 2.40. The molecule has 0 saturated carbocycles. The number of benzene rings is 3. The topological polar surface area (TPSA) is 87.2 Å². The Labute approximate surface area is 247 Å². The van der Waals surface area contributed by atoms with E-state index in [4.69, 9.17) is 4.42 Å². The van der Waals surface area contributed by atoms with Crippen LogP contribution in [0.2, 0.25) is 0 Å². The second kappa shape index (κ2) is 11.2. The molecule has 0 unspecified atom stereocenters. The number of aromatic nitrogens is 3. The third kappa shape index (κ3) is 6.07. The highest BCUT2D eigenvalue weighted by atomic mass is 32.2. The molecule has 230 valence electrons. The van der Waals surface area contributed by atoms with Gasteiger partial charge in [0, 0.05) is 30.5 Å². The van der Waals surface area contributed by atoms with E-state index in [0.29, 0.717) is 16.7 Å². The summed E-state index contributed by atoms with van der Waals surface area (Å²) >= 11 is 0. The van der Waals surface area contributed by atoms with Gasteiger partial charge in [-0.2, -0.15) is 22.0 Å². The zero-order valence-corrected chi connectivity index (χ0v) is 24.3. The molecule has 0 radical (unpaired) electrons. The molecular weight excluding hydrogens is 612 g/mol. The molecule has 0 amide bonds. The number of alkyl halides is 5. The SMILES string of the molecule is Cc1nc(-c2cc(-c3ccc(C)c(S(C)(=O)=O)c3)ccc2-n2cc(C(F)(F)F)nc2C)c(-c2ccc(OC(F)F)c(F)c2)o1. The van der Waals surface area contributed by atoms with Crippen LogP contribution >= 0.6 is 0 Å². The van der Waals surface area contributed by atoms with E-state index in [-0.39, 0.29) is 44.9 Å². The molecule has 0 saturated heterocycles. The fourth-order valence-electron chi connectivity index (χ4n) is 4.79. The van der Waals surface area contributed by atoms with Crippen LogP contribution < -0.4 is 4.74 Å². The molecule has 5 rings (SSSR count). The summed E-state index contributed by atoms with van der Waals surface area (Å²) < 4.78 is 117. The molecule has 7 nitrogen and oxygen atoms in total. The van der Waals surface area contributed by atoms with Crippen LogP contribution in [-0.4, -0.2) is 35.8 Å². The molecular formula is C30H23F6N3O4S. The van der Waals surface area contributed by atoms with Gasteiger partial charge in [-0.15, -0.1) is 0 Å². The Morgan fingerprint density at radius 3 is 2.18 bits per heavy atom. The normalized spacial score (nSPS) is 12.2. The van der Waals surface area contributed by atoms with Gasteiger partial charge in [-0.3, -0.25) is 0 Å². The van der Waals surface area contributed by atoms with Gasteiger partial charge in [0.2, 0.25) is 0 Å².